The van der Waals surface area contributed by atoms with Crippen LogP contribution in [0.1, 0.15) is 13.3 Å². The van der Waals surface area contributed by atoms with Crippen LogP contribution in [0.3, 0.4) is 0 Å². The molecule has 0 aromatic carbocycles. The lowest BCUT2D eigenvalue weighted by atomic mass is 10.2. The van der Waals surface area contributed by atoms with Crippen LogP contribution >= 0.6 is 0 Å². The number of allylic oxidation sites excluding steroid dienone is 1. The Kier molecular flexibility index (Phi) is 3.10. The minimum Gasteiger partial charge on any atom is -0.478 e. The van der Waals surface area contributed by atoms with Crippen molar-refractivity contribution in [2.24, 2.45) is 0 Å². The number of halogens is 3. The molecule has 0 saturated carbocycles. The Hall–Kier alpha value is -1.00. The summed E-state index contributed by atoms with van der Waals surface area (Å²) in [6.45, 7) is 1.44. The highest BCUT2D eigenvalue weighted by molar-refractivity contribution is 5.87. The Bertz CT molecular complexity index is 181. The van der Waals surface area contributed by atoms with Crippen LogP contribution in [0.4, 0.5) is 13.2 Å². The quantitative estimate of drug-likeness (QED) is 0.640. The van der Waals surface area contributed by atoms with E-state index < -0.39 is 17.7 Å². The first-order valence-electron chi connectivity index (χ1n) is 2.90. The van der Waals surface area contributed by atoms with Crippen molar-refractivity contribution >= 4 is 5.97 Å². The van der Waals surface area contributed by atoms with Crippen LogP contribution in [0.25, 0.3) is 0 Å². The van der Waals surface area contributed by atoms with Gasteiger partial charge in [-0.05, 0) is 6.42 Å². The maximum atomic E-state index is 11.7. The highest BCUT2D eigenvalue weighted by atomic mass is 19.4. The van der Waals surface area contributed by atoms with Gasteiger partial charge in [-0.3, -0.25) is 0 Å². The summed E-state index contributed by atoms with van der Waals surface area (Å²) in [7, 11) is 0. The predicted molar refractivity (Wildman–Crippen MR) is 32.1 cm³/mol. The van der Waals surface area contributed by atoms with E-state index in [1.165, 1.54) is 6.92 Å². The predicted octanol–water partition coefficient (Wildman–Crippen LogP) is 1.97. The summed E-state index contributed by atoms with van der Waals surface area (Å²) >= 11 is 0. The van der Waals surface area contributed by atoms with E-state index in [9.17, 15) is 18.0 Å². The monoisotopic (exact) mass is 168 g/mol. The molecule has 0 rings (SSSR count). The van der Waals surface area contributed by atoms with Crippen LogP contribution in [0, 0.1) is 0 Å². The average Bonchev–Trinajstić information content (AvgIpc) is 1.79. The number of carboxylic acid groups (broad SMARTS) is 1. The number of carboxylic acids is 1. The zero-order valence-electron chi connectivity index (χ0n) is 5.77. The van der Waals surface area contributed by atoms with Crippen LogP contribution in [0.15, 0.2) is 11.6 Å². The summed E-state index contributed by atoms with van der Waals surface area (Å²) in [4.78, 5) is 9.95. The van der Waals surface area contributed by atoms with Gasteiger partial charge in [0.25, 0.3) is 0 Å². The Balaban J connectivity index is 4.63. The van der Waals surface area contributed by atoms with Gasteiger partial charge < -0.3 is 5.11 Å². The van der Waals surface area contributed by atoms with E-state index in [-0.39, 0.29) is 6.42 Å². The SMILES string of the molecule is CC/C=C(/C(=O)O)C(F)(F)F. The Morgan fingerprint density at radius 2 is 2.00 bits per heavy atom. The number of hydrogen-bond donors (Lipinski definition) is 1. The zero-order valence-corrected chi connectivity index (χ0v) is 5.77. The van der Waals surface area contributed by atoms with E-state index in [0.29, 0.717) is 6.08 Å². The van der Waals surface area contributed by atoms with Gasteiger partial charge in [-0.15, -0.1) is 0 Å². The van der Waals surface area contributed by atoms with Gasteiger partial charge in [0.2, 0.25) is 0 Å². The van der Waals surface area contributed by atoms with E-state index in [1.54, 1.807) is 0 Å². The second-order valence-electron chi connectivity index (χ2n) is 1.83. The van der Waals surface area contributed by atoms with Crippen LogP contribution in [-0.4, -0.2) is 17.3 Å². The van der Waals surface area contributed by atoms with Gasteiger partial charge in [0.1, 0.15) is 5.57 Å². The van der Waals surface area contributed by atoms with E-state index in [2.05, 4.69) is 0 Å². The molecule has 2 nitrogen and oxygen atoms in total. The van der Waals surface area contributed by atoms with Crippen molar-refractivity contribution in [3.05, 3.63) is 11.6 Å². The molecule has 64 valence electrons. The third kappa shape index (κ3) is 3.06. The van der Waals surface area contributed by atoms with Gasteiger partial charge in [-0.2, -0.15) is 13.2 Å². The summed E-state index contributed by atoms with van der Waals surface area (Å²) in [5.41, 5.74) is -1.50. The molecule has 0 aromatic rings. The molecule has 0 saturated heterocycles. The molecule has 0 heterocycles. The first-order valence-corrected chi connectivity index (χ1v) is 2.90. The van der Waals surface area contributed by atoms with Crippen molar-refractivity contribution in [2.75, 3.05) is 0 Å². The summed E-state index contributed by atoms with van der Waals surface area (Å²) in [6.07, 6.45) is -4.05. The van der Waals surface area contributed by atoms with E-state index in [1.807, 2.05) is 0 Å². The van der Waals surface area contributed by atoms with E-state index >= 15 is 0 Å². The molecule has 0 spiro atoms. The Labute approximate surface area is 61.3 Å². The van der Waals surface area contributed by atoms with Crippen LogP contribution in [-0.2, 0) is 4.79 Å². The molecule has 0 aromatic heterocycles. The molecule has 0 radical (unpaired) electrons. The molecule has 0 aliphatic heterocycles. The standard InChI is InChI=1S/C6H7F3O2/c1-2-3-4(5(10)11)6(7,8)9/h3H,2H2,1H3,(H,10,11)/b4-3-. The second kappa shape index (κ2) is 3.41. The lowest BCUT2D eigenvalue weighted by molar-refractivity contribution is -0.144. The fraction of sp³-hybridized carbons (Fsp3) is 0.500. The van der Waals surface area contributed by atoms with Gasteiger partial charge >= 0.3 is 12.1 Å². The molecular weight excluding hydrogens is 161 g/mol. The fourth-order valence-electron chi connectivity index (χ4n) is 0.528. The topological polar surface area (TPSA) is 37.3 Å². The van der Waals surface area contributed by atoms with Gasteiger partial charge in [0, 0.05) is 0 Å². The van der Waals surface area contributed by atoms with Gasteiger partial charge in [0.05, 0.1) is 0 Å². The lowest BCUT2D eigenvalue weighted by Crippen LogP contribution is -2.19. The molecule has 0 atom stereocenters. The maximum absolute atomic E-state index is 11.7. The number of hydrogen-bond acceptors (Lipinski definition) is 1. The molecule has 11 heavy (non-hydrogen) atoms. The number of rotatable bonds is 2. The minimum atomic E-state index is -4.75. The van der Waals surface area contributed by atoms with Crippen molar-refractivity contribution in [2.45, 2.75) is 19.5 Å². The van der Waals surface area contributed by atoms with Crippen molar-refractivity contribution in [3.8, 4) is 0 Å². The maximum Gasteiger partial charge on any atom is 0.423 e. The highest BCUT2D eigenvalue weighted by Gasteiger charge is 2.38. The lowest BCUT2D eigenvalue weighted by Gasteiger charge is -2.05. The third-order valence-corrected chi connectivity index (χ3v) is 0.944. The van der Waals surface area contributed by atoms with Gasteiger partial charge in [-0.1, -0.05) is 13.0 Å². The van der Waals surface area contributed by atoms with Crippen molar-refractivity contribution < 1.29 is 23.1 Å². The Morgan fingerprint density at radius 1 is 1.55 bits per heavy atom. The van der Waals surface area contributed by atoms with Crippen molar-refractivity contribution in [3.63, 3.8) is 0 Å². The summed E-state index contributed by atoms with van der Waals surface area (Å²) in [5, 5.41) is 8.05. The number of aliphatic carboxylic acids is 1. The van der Waals surface area contributed by atoms with Crippen LogP contribution < -0.4 is 0 Å². The molecule has 1 N–H and O–H groups in total. The first kappa shape index (κ1) is 10.0. The molecule has 5 heteroatoms. The van der Waals surface area contributed by atoms with Gasteiger partial charge in [-0.25, -0.2) is 4.79 Å². The molecule has 0 amide bonds. The van der Waals surface area contributed by atoms with Gasteiger partial charge in [0.15, 0.2) is 0 Å². The zero-order chi connectivity index (χ0) is 9.07. The molecule has 0 aliphatic rings. The summed E-state index contributed by atoms with van der Waals surface area (Å²) in [6, 6.07) is 0. The van der Waals surface area contributed by atoms with Crippen LogP contribution in [0.5, 0.6) is 0 Å². The second-order valence-corrected chi connectivity index (χ2v) is 1.83. The number of carbonyl (C=O) groups is 1. The van der Waals surface area contributed by atoms with Crippen LogP contribution in [0.2, 0.25) is 0 Å². The minimum absolute atomic E-state index is 0.0567. The molecule has 0 fully saturated rings. The fourth-order valence-corrected chi connectivity index (χ4v) is 0.528. The number of alkyl halides is 3. The Morgan fingerprint density at radius 3 is 2.09 bits per heavy atom. The molecule has 0 aliphatic carbocycles. The van der Waals surface area contributed by atoms with E-state index in [0.717, 1.165) is 0 Å². The average molecular weight is 168 g/mol. The van der Waals surface area contributed by atoms with Crippen molar-refractivity contribution in [1.82, 2.24) is 0 Å². The summed E-state index contributed by atoms with van der Waals surface area (Å²) < 4.78 is 35.1. The van der Waals surface area contributed by atoms with E-state index in [4.69, 9.17) is 5.11 Å². The smallest absolute Gasteiger partial charge is 0.423 e. The molecular formula is C6H7F3O2. The molecule has 0 unspecified atom stereocenters. The van der Waals surface area contributed by atoms with Crippen molar-refractivity contribution in [1.29, 1.82) is 0 Å². The molecule has 0 bridgehead atoms. The summed E-state index contributed by atoms with van der Waals surface area (Å²) in [5.74, 6) is -1.93. The first-order chi connectivity index (χ1) is 4.89. The highest BCUT2D eigenvalue weighted by Crippen LogP contribution is 2.25. The normalized spacial score (nSPS) is 13.3. The third-order valence-electron chi connectivity index (χ3n) is 0.944. The largest absolute Gasteiger partial charge is 0.478 e.